The molecular formula is C7H14N4O2S. The van der Waals surface area contributed by atoms with Gasteiger partial charge in [-0.2, -0.15) is 5.10 Å². The van der Waals surface area contributed by atoms with Crippen molar-refractivity contribution in [3.05, 3.63) is 6.20 Å². The van der Waals surface area contributed by atoms with Crippen molar-refractivity contribution in [3.63, 3.8) is 0 Å². The fraction of sp³-hybridized carbons (Fsp3) is 0.571. The number of nitrogens with two attached hydrogens (primary N) is 1. The second-order valence-electron chi connectivity index (χ2n) is 2.71. The highest BCUT2D eigenvalue weighted by Gasteiger charge is 2.19. The Morgan fingerprint density at radius 3 is 2.64 bits per heavy atom. The number of hydrogen-bond acceptors (Lipinski definition) is 4. The van der Waals surface area contributed by atoms with Gasteiger partial charge in [0.05, 0.1) is 6.20 Å². The Balaban J connectivity index is 3.14. The molecule has 0 aliphatic rings. The van der Waals surface area contributed by atoms with Gasteiger partial charge in [-0.25, -0.2) is 17.8 Å². The fourth-order valence-electron chi connectivity index (χ4n) is 1.10. The summed E-state index contributed by atoms with van der Waals surface area (Å²) in [6.45, 7) is 4.43. The molecule has 0 saturated heterocycles. The Morgan fingerprint density at radius 1 is 1.57 bits per heavy atom. The number of nitrogens with one attached hydrogen (secondary N) is 1. The summed E-state index contributed by atoms with van der Waals surface area (Å²) in [5.74, 6) is 0.174. The molecule has 0 saturated carbocycles. The molecule has 14 heavy (non-hydrogen) atoms. The van der Waals surface area contributed by atoms with Crippen LogP contribution in [0.3, 0.4) is 0 Å². The minimum absolute atomic E-state index is 0.0428. The van der Waals surface area contributed by atoms with E-state index in [2.05, 4.69) is 9.82 Å². The number of nitrogen functional groups attached to an aromatic ring is 1. The van der Waals surface area contributed by atoms with Crippen molar-refractivity contribution in [1.29, 1.82) is 0 Å². The van der Waals surface area contributed by atoms with Crippen molar-refractivity contribution in [3.8, 4) is 0 Å². The van der Waals surface area contributed by atoms with E-state index >= 15 is 0 Å². The van der Waals surface area contributed by atoms with E-state index in [1.54, 1.807) is 6.92 Å². The second kappa shape index (κ2) is 3.97. The Kier molecular flexibility index (Phi) is 3.12. The maximum atomic E-state index is 11.5. The molecule has 0 unspecified atom stereocenters. The van der Waals surface area contributed by atoms with E-state index in [1.807, 2.05) is 6.92 Å². The lowest BCUT2D eigenvalue weighted by Crippen LogP contribution is -2.23. The number of rotatable bonds is 4. The van der Waals surface area contributed by atoms with Crippen molar-refractivity contribution >= 4 is 15.8 Å². The van der Waals surface area contributed by atoms with E-state index in [-0.39, 0.29) is 10.7 Å². The van der Waals surface area contributed by atoms with Gasteiger partial charge in [-0.3, -0.25) is 0 Å². The minimum atomic E-state index is -3.49. The summed E-state index contributed by atoms with van der Waals surface area (Å²) in [5, 5.41) is 3.86. The topological polar surface area (TPSA) is 90.0 Å². The van der Waals surface area contributed by atoms with Gasteiger partial charge in [-0.15, -0.1) is 0 Å². The van der Waals surface area contributed by atoms with E-state index in [0.29, 0.717) is 13.1 Å². The second-order valence-corrected chi connectivity index (χ2v) is 4.45. The van der Waals surface area contributed by atoms with Crippen molar-refractivity contribution in [1.82, 2.24) is 14.5 Å². The van der Waals surface area contributed by atoms with Crippen LogP contribution in [0.25, 0.3) is 0 Å². The highest BCUT2D eigenvalue weighted by Crippen LogP contribution is 2.16. The Labute approximate surface area is 83.1 Å². The highest BCUT2D eigenvalue weighted by molar-refractivity contribution is 7.89. The predicted molar refractivity (Wildman–Crippen MR) is 53.2 cm³/mol. The first-order chi connectivity index (χ1) is 6.53. The van der Waals surface area contributed by atoms with Crippen LogP contribution in [0.5, 0.6) is 0 Å². The average molecular weight is 218 g/mol. The summed E-state index contributed by atoms with van der Waals surface area (Å²) < 4.78 is 26.9. The van der Waals surface area contributed by atoms with Gasteiger partial charge >= 0.3 is 0 Å². The molecule has 0 aliphatic heterocycles. The van der Waals surface area contributed by atoms with Crippen LogP contribution in [0.4, 0.5) is 5.82 Å². The summed E-state index contributed by atoms with van der Waals surface area (Å²) in [4.78, 5) is 0.0428. The average Bonchev–Trinajstić information content (AvgIpc) is 2.47. The third-order valence-electron chi connectivity index (χ3n) is 1.77. The van der Waals surface area contributed by atoms with Gasteiger partial charge in [-0.1, -0.05) is 6.92 Å². The Bertz CT molecular complexity index is 409. The number of anilines is 1. The molecule has 0 fully saturated rings. The van der Waals surface area contributed by atoms with Crippen molar-refractivity contribution in [2.45, 2.75) is 25.3 Å². The zero-order valence-electron chi connectivity index (χ0n) is 8.19. The summed E-state index contributed by atoms with van der Waals surface area (Å²) >= 11 is 0. The standard InChI is InChI=1S/C7H14N4O2S/c1-3-10-14(12,13)6-5-9-11(4-2)7(6)8/h5,10H,3-4,8H2,1-2H3. The molecule has 0 bridgehead atoms. The molecule has 0 atom stereocenters. The van der Waals surface area contributed by atoms with E-state index in [1.165, 1.54) is 10.9 Å². The molecule has 1 rings (SSSR count). The largest absolute Gasteiger partial charge is 0.383 e. The molecule has 80 valence electrons. The van der Waals surface area contributed by atoms with Gasteiger partial charge in [0, 0.05) is 13.1 Å². The van der Waals surface area contributed by atoms with Crippen molar-refractivity contribution in [2.75, 3.05) is 12.3 Å². The zero-order valence-corrected chi connectivity index (χ0v) is 9.00. The summed E-state index contributed by atoms with van der Waals surface area (Å²) in [6.07, 6.45) is 1.26. The van der Waals surface area contributed by atoms with Crippen molar-refractivity contribution < 1.29 is 8.42 Å². The number of hydrogen-bond donors (Lipinski definition) is 2. The molecule has 3 N–H and O–H groups in total. The molecule has 0 aromatic carbocycles. The van der Waals surface area contributed by atoms with E-state index in [9.17, 15) is 8.42 Å². The maximum Gasteiger partial charge on any atom is 0.245 e. The first kappa shape index (κ1) is 11.0. The summed E-state index contributed by atoms with van der Waals surface area (Å²) in [7, 11) is -3.49. The minimum Gasteiger partial charge on any atom is -0.383 e. The molecule has 6 nitrogen and oxygen atoms in total. The normalized spacial score (nSPS) is 11.9. The van der Waals surface area contributed by atoms with Crippen LogP contribution in [0.15, 0.2) is 11.1 Å². The van der Waals surface area contributed by atoms with Crippen LogP contribution in [0.2, 0.25) is 0 Å². The predicted octanol–water partition coefficient (Wildman–Crippen LogP) is -0.217. The third kappa shape index (κ3) is 1.88. The van der Waals surface area contributed by atoms with Crippen LogP contribution in [-0.2, 0) is 16.6 Å². The zero-order chi connectivity index (χ0) is 10.8. The molecule has 0 radical (unpaired) electrons. The van der Waals surface area contributed by atoms with Crippen LogP contribution >= 0.6 is 0 Å². The van der Waals surface area contributed by atoms with Gasteiger partial charge in [-0.05, 0) is 6.92 Å². The SMILES string of the molecule is CCNS(=O)(=O)c1cnn(CC)c1N. The summed E-state index contributed by atoms with van der Waals surface area (Å²) in [5.41, 5.74) is 5.61. The lowest BCUT2D eigenvalue weighted by Gasteiger charge is -2.03. The third-order valence-corrected chi connectivity index (χ3v) is 3.33. The first-order valence-corrected chi connectivity index (χ1v) is 5.82. The van der Waals surface area contributed by atoms with E-state index in [0.717, 1.165) is 0 Å². The van der Waals surface area contributed by atoms with Gasteiger partial charge in [0.25, 0.3) is 0 Å². The van der Waals surface area contributed by atoms with E-state index < -0.39 is 10.0 Å². The Hall–Kier alpha value is -1.08. The van der Waals surface area contributed by atoms with Gasteiger partial charge in [0.2, 0.25) is 10.0 Å². The van der Waals surface area contributed by atoms with Gasteiger partial charge < -0.3 is 5.73 Å². The number of nitrogens with zero attached hydrogens (tertiary/aromatic N) is 2. The van der Waals surface area contributed by atoms with Crippen LogP contribution < -0.4 is 10.5 Å². The molecule has 7 heteroatoms. The lowest BCUT2D eigenvalue weighted by molar-refractivity contribution is 0.584. The molecule has 1 aromatic heterocycles. The van der Waals surface area contributed by atoms with E-state index in [4.69, 9.17) is 5.73 Å². The fourth-order valence-corrected chi connectivity index (χ4v) is 2.21. The molecule has 1 heterocycles. The molecular weight excluding hydrogens is 204 g/mol. The number of aromatic nitrogens is 2. The Morgan fingerprint density at radius 2 is 2.21 bits per heavy atom. The number of aryl methyl sites for hydroxylation is 1. The maximum absolute atomic E-state index is 11.5. The first-order valence-electron chi connectivity index (χ1n) is 4.33. The van der Waals surface area contributed by atoms with Crippen LogP contribution in [0.1, 0.15) is 13.8 Å². The molecule has 0 spiro atoms. The summed E-state index contributed by atoms with van der Waals surface area (Å²) in [6, 6.07) is 0. The molecule has 0 amide bonds. The lowest BCUT2D eigenvalue weighted by atomic mass is 10.6. The number of sulfonamides is 1. The quantitative estimate of drug-likeness (QED) is 0.731. The highest BCUT2D eigenvalue weighted by atomic mass is 32.2. The van der Waals surface area contributed by atoms with Crippen LogP contribution in [0, 0.1) is 0 Å². The molecule has 0 aliphatic carbocycles. The van der Waals surface area contributed by atoms with Crippen LogP contribution in [-0.4, -0.2) is 24.7 Å². The van der Waals surface area contributed by atoms with Gasteiger partial charge in [0.15, 0.2) is 0 Å². The smallest absolute Gasteiger partial charge is 0.245 e. The monoisotopic (exact) mass is 218 g/mol. The van der Waals surface area contributed by atoms with Crippen molar-refractivity contribution in [2.24, 2.45) is 0 Å². The molecule has 1 aromatic rings. The van der Waals surface area contributed by atoms with Gasteiger partial charge in [0.1, 0.15) is 10.7 Å².